The Bertz CT molecular complexity index is 826. The van der Waals surface area contributed by atoms with Crippen LogP contribution in [0.1, 0.15) is 29.1 Å². The molecule has 0 bridgehead atoms. The second-order valence-corrected chi connectivity index (χ2v) is 4.86. The maximum atomic E-state index is 12.1. The molecule has 8 nitrogen and oxygen atoms in total. The fourth-order valence-corrected chi connectivity index (χ4v) is 2.06. The first-order valence-electron chi connectivity index (χ1n) is 7.41. The van der Waals surface area contributed by atoms with E-state index in [4.69, 9.17) is 14.0 Å². The van der Waals surface area contributed by atoms with Crippen LogP contribution < -0.4 is 4.74 Å². The summed E-state index contributed by atoms with van der Waals surface area (Å²) in [6.07, 6.45) is 1.62. The summed E-state index contributed by atoms with van der Waals surface area (Å²) in [6, 6.07) is 9.39. The first kappa shape index (κ1) is 15.7. The fraction of sp³-hybridized carbons (Fsp3) is 0.250. The smallest absolute Gasteiger partial charge is 0.362 e. The molecule has 0 aliphatic heterocycles. The van der Waals surface area contributed by atoms with Crippen molar-refractivity contribution in [3.8, 4) is 11.4 Å². The number of rotatable bonds is 6. The Balaban J connectivity index is 1.87. The zero-order valence-corrected chi connectivity index (χ0v) is 13.3. The molecule has 124 valence electrons. The summed E-state index contributed by atoms with van der Waals surface area (Å²) in [5, 5.41) is 8.02. The van der Waals surface area contributed by atoms with Crippen molar-refractivity contribution in [1.82, 2.24) is 19.9 Å². The molecule has 3 rings (SSSR count). The standard InChI is InChI=1S/C16H16N4O4/c1-3-22-16(21)15-13(23-10-14-17-11(2)24-19-14)9-20(18-15)12-7-5-4-6-8-12/h4-9H,3,10H2,1-2H3. The third-order valence-electron chi connectivity index (χ3n) is 3.10. The molecule has 2 heterocycles. The van der Waals surface area contributed by atoms with Crippen molar-refractivity contribution in [2.75, 3.05) is 6.61 Å². The van der Waals surface area contributed by atoms with Crippen molar-refractivity contribution in [3.05, 3.63) is 53.9 Å². The van der Waals surface area contributed by atoms with E-state index in [-0.39, 0.29) is 18.9 Å². The van der Waals surface area contributed by atoms with E-state index in [1.807, 2.05) is 30.3 Å². The average molecular weight is 328 g/mol. The number of para-hydroxylation sites is 1. The molecule has 3 aromatic rings. The molecule has 0 aliphatic carbocycles. The highest BCUT2D eigenvalue weighted by atomic mass is 16.5. The molecular weight excluding hydrogens is 312 g/mol. The van der Waals surface area contributed by atoms with Gasteiger partial charge >= 0.3 is 5.97 Å². The molecule has 0 atom stereocenters. The molecule has 0 unspecified atom stereocenters. The van der Waals surface area contributed by atoms with E-state index in [0.717, 1.165) is 5.69 Å². The molecule has 0 fully saturated rings. The van der Waals surface area contributed by atoms with Gasteiger partial charge in [-0.25, -0.2) is 9.48 Å². The van der Waals surface area contributed by atoms with Crippen molar-refractivity contribution in [2.45, 2.75) is 20.5 Å². The van der Waals surface area contributed by atoms with Crippen LogP contribution >= 0.6 is 0 Å². The number of benzene rings is 1. The topological polar surface area (TPSA) is 92.3 Å². The van der Waals surface area contributed by atoms with E-state index in [0.29, 0.717) is 17.5 Å². The SMILES string of the molecule is CCOC(=O)c1nn(-c2ccccc2)cc1OCc1noc(C)n1. The van der Waals surface area contributed by atoms with Gasteiger partial charge in [0.15, 0.2) is 12.4 Å². The Morgan fingerprint density at radius 1 is 1.29 bits per heavy atom. The molecule has 0 saturated carbocycles. The highest BCUT2D eigenvalue weighted by Crippen LogP contribution is 2.21. The summed E-state index contributed by atoms with van der Waals surface area (Å²) < 4.78 is 17.1. The predicted molar refractivity (Wildman–Crippen MR) is 82.9 cm³/mol. The van der Waals surface area contributed by atoms with Gasteiger partial charge in [0.1, 0.15) is 0 Å². The fourth-order valence-electron chi connectivity index (χ4n) is 2.06. The monoisotopic (exact) mass is 328 g/mol. The lowest BCUT2D eigenvalue weighted by Gasteiger charge is -2.02. The summed E-state index contributed by atoms with van der Waals surface area (Å²) in [4.78, 5) is 16.2. The molecule has 0 spiro atoms. The van der Waals surface area contributed by atoms with E-state index < -0.39 is 5.97 Å². The van der Waals surface area contributed by atoms with E-state index in [1.165, 1.54) is 0 Å². The number of aryl methyl sites for hydroxylation is 1. The molecule has 0 amide bonds. The van der Waals surface area contributed by atoms with Crippen molar-refractivity contribution in [1.29, 1.82) is 0 Å². The van der Waals surface area contributed by atoms with Gasteiger partial charge in [-0.2, -0.15) is 10.1 Å². The molecule has 0 aliphatic rings. The van der Waals surface area contributed by atoms with Crippen molar-refractivity contribution >= 4 is 5.97 Å². The maximum absolute atomic E-state index is 12.1. The second-order valence-electron chi connectivity index (χ2n) is 4.86. The largest absolute Gasteiger partial charge is 0.481 e. The zero-order chi connectivity index (χ0) is 16.9. The molecule has 2 aromatic heterocycles. The van der Waals surface area contributed by atoms with Crippen LogP contribution in [-0.4, -0.2) is 32.5 Å². The Hall–Kier alpha value is -3.16. The molecule has 24 heavy (non-hydrogen) atoms. The highest BCUT2D eigenvalue weighted by Gasteiger charge is 2.20. The van der Waals surface area contributed by atoms with Crippen molar-refractivity contribution in [2.24, 2.45) is 0 Å². The summed E-state index contributed by atoms with van der Waals surface area (Å²) in [7, 11) is 0. The Morgan fingerprint density at radius 3 is 2.75 bits per heavy atom. The van der Waals surface area contributed by atoms with Gasteiger partial charge in [-0.15, -0.1) is 0 Å². The number of ether oxygens (including phenoxy) is 2. The van der Waals surface area contributed by atoms with Gasteiger partial charge in [0, 0.05) is 6.92 Å². The number of carbonyl (C=O) groups excluding carboxylic acids is 1. The number of esters is 1. The third-order valence-corrected chi connectivity index (χ3v) is 3.10. The van der Waals surface area contributed by atoms with Gasteiger partial charge in [-0.1, -0.05) is 23.4 Å². The number of hydrogen-bond acceptors (Lipinski definition) is 7. The van der Waals surface area contributed by atoms with E-state index >= 15 is 0 Å². The van der Waals surface area contributed by atoms with Crippen LogP contribution in [0.5, 0.6) is 5.75 Å². The lowest BCUT2D eigenvalue weighted by Crippen LogP contribution is -2.09. The molecule has 1 aromatic carbocycles. The zero-order valence-electron chi connectivity index (χ0n) is 13.3. The van der Waals surface area contributed by atoms with Crippen molar-refractivity contribution < 1.29 is 18.8 Å². The summed E-state index contributed by atoms with van der Waals surface area (Å²) in [5.41, 5.74) is 0.897. The van der Waals surface area contributed by atoms with Gasteiger partial charge in [0.05, 0.1) is 18.5 Å². The minimum Gasteiger partial charge on any atom is -0.481 e. The summed E-state index contributed by atoms with van der Waals surface area (Å²) >= 11 is 0. The van der Waals surface area contributed by atoms with Gasteiger partial charge in [-0.3, -0.25) is 0 Å². The lowest BCUT2D eigenvalue weighted by atomic mass is 10.3. The molecule has 0 N–H and O–H groups in total. The van der Waals surface area contributed by atoms with Crippen LogP contribution in [0, 0.1) is 6.92 Å². The molecule has 0 radical (unpaired) electrons. The Morgan fingerprint density at radius 2 is 2.08 bits per heavy atom. The maximum Gasteiger partial charge on any atom is 0.362 e. The first-order valence-corrected chi connectivity index (χ1v) is 7.41. The first-order chi connectivity index (χ1) is 11.7. The van der Waals surface area contributed by atoms with E-state index in [9.17, 15) is 4.79 Å². The number of nitrogens with zero attached hydrogens (tertiary/aromatic N) is 4. The summed E-state index contributed by atoms with van der Waals surface area (Å²) in [6.45, 7) is 3.73. The lowest BCUT2D eigenvalue weighted by molar-refractivity contribution is 0.0513. The van der Waals surface area contributed by atoms with Crippen LogP contribution in [0.4, 0.5) is 0 Å². The second kappa shape index (κ2) is 6.95. The van der Waals surface area contributed by atoms with Gasteiger partial charge in [-0.05, 0) is 19.1 Å². The van der Waals surface area contributed by atoms with E-state index in [2.05, 4.69) is 15.2 Å². The quantitative estimate of drug-likeness (QED) is 0.641. The van der Waals surface area contributed by atoms with E-state index in [1.54, 1.807) is 24.7 Å². The van der Waals surface area contributed by atoms with Crippen LogP contribution in [0.2, 0.25) is 0 Å². The van der Waals surface area contributed by atoms with Crippen LogP contribution in [0.15, 0.2) is 41.1 Å². The van der Waals surface area contributed by atoms with Crippen LogP contribution in [0.25, 0.3) is 5.69 Å². The Labute approximate surface area is 138 Å². The minimum absolute atomic E-state index is 0.0598. The average Bonchev–Trinajstić information content (AvgIpc) is 3.20. The number of aromatic nitrogens is 4. The normalized spacial score (nSPS) is 10.6. The minimum atomic E-state index is -0.550. The Kier molecular flexibility index (Phi) is 4.55. The highest BCUT2D eigenvalue weighted by molar-refractivity contribution is 5.90. The molecular formula is C16H16N4O4. The summed E-state index contributed by atoms with van der Waals surface area (Å²) in [5.74, 6) is 0.570. The molecule has 8 heteroatoms. The van der Waals surface area contributed by atoms with Gasteiger partial charge < -0.3 is 14.0 Å². The number of carbonyl (C=O) groups is 1. The van der Waals surface area contributed by atoms with Gasteiger partial charge in [0.2, 0.25) is 17.4 Å². The van der Waals surface area contributed by atoms with Crippen LogP contribution in [0.3, 0.4) is 0 Å². The predicted octanol–water partition coefficient (Wildman–Crippen LogP) is 2.32. The number of hydrogen-bond donors (Lipinski definition) is 0. The van der Waals surface area contributed by atoms with Crippen molar-refractivity contribution in [3.63, 3.8) is 0 Å². The third kappa shape index (κ3) is 3.43. The molecule has 0 saturated heterocycles. The van der Waals surface area contributed by atoms with Gasteiger partial charge in [0.25, 0.3) is 0 Å². The van der Waals surface area contributed by atoms with Crippen LogP contribution in [-0.2, 0) is 11.3 Å².